The van der Waals surface area contributed by atoms with Crippen LogP contribution in [0.15, 0.2) is 52.7 Å². The van der Waals surface area contributed by atoms with Gasteiger partial charge in [-0.1, -0.05) is 12.1 Å². The molecule has 3 aromatic rings. The summed E-state index contributed by atoms with van der Waals surface area (Å²) in [5, 5.41) is 31.9. The summed E-state index contributed by atoms with van der Waals surface area (Å²) in [4.78, 5) is 0. The summed E-state index contributed by atoms with van der Waals surface area (Å²) in [5.41, 5.74) is 3.55. The van der Waals surface area contributed by atoms with Crippen LogP contribution in [0.3, 0.4) is 0 Å². The molecule has 2 aromatic carbocycles. The predicted molar refractivity (Wildman–Crippen MR) is 74.1 cm³/mol. The summed E-state index contributed by atoms with van der Waals surface area (Å²) in [7, 11) is 0. The number of tetrazole rings is 1. The van der Waals surface area contributed by atoms with Crippen molar-refractivity contribution < 1.29 is 5.11 Å². The molecule has 0 saturated heterocycles. The van der Waals surface area contributed by atoms with E-state index in [-0.39, 0.29) is 11.8 Å². The summed E-state index contributed by atoms with van der Waals surface area (Å²) in [6, 6.07) is 12.6. The van der Waals surface area contributed by atoms with E-state index >= 15 is 0 Å². The van der Waals surface area contributed by atoms with Crippen molar-refractivity contribution in [2.24, 2.45) is 10.2 Å². The third-order valence-electron chi connectivity index (χ3n) is 3.41. The van der Waals surface area contributed by atoms with Crippen molar-refractivity contribution in [3.05, 3.63) is 53.6 Å². The quantitative estimate of drug-likeness (QED) is 0.752. The first-order valence-electron chi connectivity index (χ1n) is 6.39. The minimum absolute atomic E-state index is 0.215. The highest BCUT2D eigenvalue weighted by molar-refractivity contribution is 5.64. The van der Waals surface area contributed by atoms with Crippen molar-refractivity contribution in [1.82, 2.24) is 20.6 Å². The first kappa shape index (κ1) is 11.7. The lowest BCUT2D eigenvalue weighted by Gasteiger charge is -2.09. The van der Waals surface area contributed by atoms with Crippen LogP contribution in [0, 0.1) is 0 Å². The van der Waals surface area contributed by atoms with Gasteiger partial charge in [0.15, 0.2) is 5.82 Å². The number of fused-ring (bicyclic) bond motifs is 1. The highest BCUT2D eigenvalue weighted by atomic mass is 16.3. The molecule has 1 aliphatic heterocycles. The molecule has 4 rings (SSSR count). The number of nitrogens with one attached hydrogen (secondary N) is 1. The SMILES string of the molecule is Oc1cccc(C2N=Nc3ccc(-c4nnn[nH]4)cc32)c1. The lowest BCUT2D eigenvalue weighted by molar-refractivity contribution is 0.474. The van der Waals surface area contributed by atoms with Gasteiger partial charge in [0.25, 0.3) is 0 Å². The number of hydrogen-bond donors (Lipinski definition) is 2. The Balaban J connectivity index is 1.80. The number of phenolic OH excluding ortho intramolecular Hbond substituents is 1. The number of benzene rings is 2. The van der Waals surface area contributed by atoms with Crippen LogP contribution < -0.4 is 0 Å². The molecule has 2 N–H and O–H groups in total. The van der Waals surface area contributed by atoms with Crippen LogP contribution in [-0.2, 0) is 0 Å². The molecule has 21 heavy (non-hydrogen) atoms. The molecule has 0 fully saturated rings. The zero-order valence-corrected chi connectivity index (χ0v) is 10.8. The lowest BCUT2D eigenvalue weighted by Crippen LogP contribution is -1.95. The highest BCUT2D eigenvalue weighted by Crippen LogP contribution is 2.41. The number of aromatic amines is 1. The Morgan fingerprint density at radius 1 is 1.10 bits per heavy atom. The first-order valence-corrected chi connectivity index (χ1v) is 6.39. The average molecular weight is 278 g/mol. The number of azo groups is 1. The standard InChI is InChI=1S/C14H10N6O/c21-10-3-1-2-8(6-10)13-11-7-9(14-17-19-20-18-14)4-5-12(11)15-16-13/h1-7,13,21H,(H,17,18,19,20). The molecule has 1 aromatic heterocycles. The number of phenols is 1. The highest BCUT2D eigenvalue weighted by Gasteiger charge is 2.23. The van der Waals surface area contributed by atoms with E-state index in [1.807, 2.05) is 24.3 Å². The fraction of sp³-hybridized carbons (Fsp3) is 0.0714. The van der Waals surface area contributed by atoms with Crippen molar-refractivity contribution in [2.45, 2.75) is 6.04 Å². The van der Waals surface area contributed by atoms with Crippen LogP contribution in [0.1, 0.15) is 17.2 Å². The Morgan fingerprint density at radius 2 is 2.05 bits per heavy atom. The number of aromatic hydroxyl groups is 1. The fourth-order valence-electron chi connectivity index (χ4n) is 2.42. The summed E-state index contributed by atoms with van der Waals surface area (Å²) in [6.07, 6.45) is 0. The molecular formula is C14H10N6O. The number of rotatable bonds is 2. The second-order valence-electron chi connectivity index (χ2n) is 4.74. The molecule has 0 amide bonds. The Kier molecular flexibility index (Phi) is 2.50. The Labute approximate surface area is 119 Å². The van der Waals surface area contributed by atoms with Gasteiger partial charge < -0.3 is 5.11 Å². The van der Waals surface area contributed by atoms with Crippen LogP contribution >= 0.6 is 0 Å². The van der Waals surface area contributed by atoms with Crippen molar-refractivity contribution in [1.29, 1.82) is 0 Å². The van der Waals surface area contributed by atoms with Crippen LogP contribution in [0.25, 0.3) is 11.4 Å². The van der Waals surface area contributed by atoms with Crippen molar-refractivity contribution in [2.75, 3.05) is 0 Å². The third-order valence-corrected chi connectivity index (χ3v) is 3.41. The van der Waals surface area contributed by atoms with Gasteiger partial charge in [-0.2, -0.15) is 10.2 Å². The molecule has 7 nitrogen and oxygen atoms in total. The minimum Gasteiger partial charge on any atom is -0.508 e. The van der Waals surface area contributed by atoms with Crippen LogP contribution in [0.4, 0.5) is 5.69 Å². The van der Waals surface area contributed by atoms with Gasteiger partial charge >= 0.3 is 0 Å². The summed E-state index contributed by atoms with van der Waals surface area (Å²) < 4.78 is 0. The van der Waals surface area contributed by atoms with Gasteiger partial charge in [0.05, 0.1) is 5.69 Å². The smallest absolute Gasteiger partial charge is 0.179 e. The average Bonchev–Trinajstić information content (AvgIpc) is 3.16. The normalized spacial score (nSPS) is 16.1. The maximum absolute atomic E-state index is 9.62. The molecule has 0 bridgehead atoms. The predicted octanol–water partition coefficient (Wildman–Crippen LogP) is 2.76. The molecule has 102 valence electrons. The molecule has 1 aliphatic rings. The monoisotopic (exact) mass is 278 g/mol. The van der Waals surface area contributed by atoms with E-state index in [2.05, 4.69) is 30.9 Å². The third kappa shape index (κ3) is 1.95. The molecule has 0 radical (unpaired) electrons. The molecule has 1 atom stereocenters. The van der Waals surface area contributed by atoms with Gasteiger partial charge in [-0.3, -0.25) is 0 Å². The van der Waals surface area contributed by atoms with Gasteiger partial charge in [-0.25, -0.2) is 5.10 Å². The zero-order chi connectivity index (χ0) is 14.2. The zero-order valence-electron chi connectivity index (χ0n) is 10.8. The van der Waals surface area contributed by atoms with Crippen LogP contribution in [0.2, 0.25) is 0 Å². The maximum Gasteiger partial charge on any atom is 0.179 e. The number of nitrogens with zero attached hydrogens (tertiary/aromatic N) is 5. The van der Waals surface area contributed by atoms with Gasteiger partial charge in [0.1, 0.15) is 11.8 Å². The molecule has 1 unspecified atom stereocenters. The van der Waals surface area contributed by atoms with Gasteiger partial charge in [0.2, 0.25) is 0 Å². The maximum atomic E-state index is 9.62. The summed E-state index contributed by atoms with van der Waals surface area (Å²) in [6.45, 7) is 0. The van der Waals surface area contributed by atoms with E-state index in [1.54, 1.807) is 18.2 Å². The van der Waals surface area contributed by atoms with Gasteiger partial charge in [0, 0.05) is 11.1 Å². The van der Waals surface area contributed by atoms with E-state index in [1.165, 1.54) is 0 Å². The first-order chi connectivity index (χ1) is 10.3. The fourth-order valence-corrected chi connectivity index (χ4v) is 2.42. The van der Waals surface area contributed by atoms with Crippen LogP contribution in [-0.4, -0.2) is 25.7 Å². The topological polar surface area (TPSA) is 99.4 Å². The second-order valence-corrected chi connectivity index (χ2v) is 4.74. The summed E-state index contributed by atoms with van der Waals surface area (Å²) in [5.74, 6) is 0.811. The molecular weight excluding hydrogens is 268 g/mol. The molecule has 0 aliphatic carbocycles. The Morgan fingerprint density at radius 3 is 2.86 bits per heavy atom. The van der Waals surface area contributed by atoms with E-state index in [0.29, 0.717) is 5.82 Å². The van der Waals surface area contributed by atoms with E-state index < -0.39 is 0 Å². The van der Waals surface area contributed by atoms with E-state index in [4.69, 9.17) is 0 Å². The van der Waals surface area contributed by atoms with E-state index in [9.17, 15) is 5.11 Å². The molecule has 7 heteroatoms. The van der Waals surface area contributed by atoms with Gasteiger partial charge in [-0.05, 0) is 46.3 Å². The lowest BCUT2D eigenvalue weighted by atomic mass is 9.97. The van der Waals surface area contributed by atoms with Crippen molar-refractivity contribution in [3.63, 3.8) is 0 Å². The summed E-state index contributed by atoms with van der Waals surface area (Å²) >= 11 is 0. The molecule has 0 saturated carbocycles. The molecule has 2 heterocycles. The largest absolute Gasteiger partial charge is 0.508 e. The van der Waals surface area contributed by atoms with Crippen molar-refractivity contribution in [3.8, 4) is 17.1 Å². The number of aromatic nitrogens is 4. The van der Waals surface area contributed by atoms with E-state index in [0.717, 1.165) is 22.4 Å². The Bertz CT molecular complexity index is 827. The van der Waals surface area contributed by atoms with Gasteiger partial charge in [-0.15, -0.1) is 5.10 Å². The number of H-pyrrole nitrogens is 1. The van der Waals surface area contributed by atoms with Crippen LogP contribution in [0.5, 0.6) is 5.75 Å². The second kappa shape index (κ2) is 4.48. The number of hydrogen-bond acceptors (Lipinski definition) is 6. The minimum atomic E-state index is -0.220. The Hall–Kier alpha value is -3.09. The molecule has 0 spiro atoms. The van der Waals surface area contributed by atoms with Crippen molar-refractivity contribution >= 4 is 5.69 Å².